The number of benzene rings is 1. The van der Waals surface area contributed by atoms with Crippen molar-refractivity contribution in [2.75, 3.05) is 0 Å². The van der Waals surface area contributed by atoms with Gasteiger partial charge in [-0.15, -0.1) is 0 Å². The van der Waals surface area contributed by atoms with Crippen LogP contribution >= 0.6 is 0 Å². The average molecular weight is 203 g/mol. The van der Waals surface area contributed by atoms with Crippen LogP contribution in [-0.2, 0) is 0 Å². The van der Waals surface area contributed by atoms with Crippen LogP contribution in [0.4, 0.5) is 0 Å². The van der Waals surface area contributed by atoms with Gasteiger partial charge in [0.05, 0.1) is 11.8 Å². The molecule has 1 heterocycles. The van der Waals surface area contributed by atoms with Gasteiger partial charge in [0.2, 0.25) is 5.89 Å². The first-order valence-corrected chi connectivity index (χ1v) is 4.42. The molecule has 1 aromatic heterocycles. The number of aryl methyl sites for hydroxylation is 1. The van der Waals surface area contributed by atoms with Crippen LogP contribution in [0.3, 0.4) is 0 Å². The lowest BCUT2D eigenvalue weighted by Gasteiger charge is -2.02. The van der Waals surface area contributed by atoms with E-state index in [0.29, 0.717) is 11.5 Å². The van der Waals surface area contributed by atoms with E-state index in [1.165, 1.54) is 12.5 Å². The van der Waals surface area contributed by atoms with Gasteiger partial charge in [0.25, 0.3) is 0 Å². The maximum Gasteiger partial charge on any atom is 0.335 e. The lowest BCUT2D eigenvalue weighted by Crippen LogP contribution is -1.99. The molecular weight excluding hydrogens is 194 g/mol. The van der Waals surface area contributed by atoms with Gasteiger partial charge in [-0.1, -0.05) is 6.07 Å². The number of carboxylic acid groups (broad SMARTS) is 1. The molecule has 0 aliphatic heterocycles. The highest BCUT2D eigenvalue weighted by Gasteiger charge is 2.10. The molecule has 1 N–H and O–H groups in total. The topological polar surface area (TPSA) is 63.3 Å². The summed E-state index contributed by atoms with van der Waals surface area (Å²) in [6.07, 6.45) is 2.98. The molecule has 2 rings (SSSR count). The van der Waals surface area contributed by atoms with Crippen LogP contribution in [0.15, 0.2) is 35.1 Å². The van der Waals surface area contributed by atoms with E-state index in [9.17, 15) is 4.79 Å². The Morgan fingerprint density at radius 1 is 1.47 bits per heavy atom. The van der Waals surface area contributed by atoms with Crippen LogP contribution in [0, 0.1) is 6.92 Å². The van der Waals surface area contributed by atoms with E-state index in [1.54, 1.807) is 25.1 Å². The van der Waals surface area contributed by atoms with Crippen molar-refractivity contribution in [1.82, 2.24) is 4.98 Å². The molecule has 1 aromatic carbocycles. The van der Waals surface area contributed by atoms with Gasteiger partial charge >= 0.3 is 5.97 Å². The number of carbonyl (C=O) groups is 1. The zero-order valence-corrected chi connectivity index (χ0v) is 8.10. The second kappa shape index (κ2) is 3.57. The summed E-state index contributed by atoms with van der Waals surface area (Å²) in [5, 5.41) is 8.94. The van der Waals surface area contributed by atoms with Crippen molar-refractivity contribution in [1.29, 1.82) is 0 Å². The summed E-state index contributed by atoms with van der Waals surface area (Å²) in [7, 11) is 0. The highest BCUT2D eigenvalue weighted by atomic mass is 16.4. The molecule has 15 heavy (non-hydrogen) atoms. The number of oxazole rings is 1. The fourth-order valence-electron chi connectivity index (χ4n) is 1.35. The Hall–Kier alpha value is -2.10. The van der Waals surface area contributed by atoms with Crippen molar-refractivity contribution in [2.24, 2.45) is 0 Å². The third kappa shape index (κ3) is 1.74. The van der Waals surface area contributed by atoms with E-state index < -0.39 is 5.97 Å². The first-order chi connectivity index (χ1) is 7.18. The number of aromatic carboxylic acids is 1. The third-order valence-corrected chi connectivity index (χ3v) is 2.15. The second-order valence-electron chi connectivity index (χ2n) is 3.17. The highest BCUT2D eigenvalue weighted by molar-refractivity contribution is 5.90. The summed E-state index contributed by atoms with van der Waals surface area (Å²) in [5.74, 6) is -0.515. The van der Waals surface area contributed by atoms with Gasteiger partial charge in [-0.05, 0) is 24.6 Å². The van der Waals surface area contributed by atoms with Gasteiger partial charge in [-0.2, -0.15) is 0 Å². The maximum atomic E-state index is 10.9. The lowest BCUT2D eigenvalue weighted by molar-refractivity contribution is 0.0696. The Bertz CT molecular complexity index is 489. The molecule has 2 aromatic rings. The average Bonchev–Trinajstić information content (AvgIpc) is 2.71. The number of nitrogens with zero attached hydrogens (tertiary/aromatic N) is 1. The normalized spacial score (nSPS) is 10.2. The molecule has 0 atom stereocenters. The van der Waals surface area contributed by atoms with Crippen LogP contribution in [-0.4, -0.2) is 16.1 Å². The molecule has 76 valence electrons. The summed E-state index contributed by atoms with van der Waals surface area (Å²) in [6, 6.07) is 5.08. The molecule has 0 bridgehead atoms. The fourth-order valence-corrected chi connectivity index (χ4v) is 1.35. The smallest absolute Gasteiger partial charge is 0.335 e. The van der Waals surface area contributed by atoms with Gasteiger partial charge in [0.1, 0.15) is 6.26 Å². The van der Waals surface area contributed by atoms with E-state index in [4.69, 9.17) is 9.52 Å². The Kier molecular flexibility index (Phi) is 2.25. The first kappa shape index (κ1) is 9.45. The highest BCUT2D eigenvalue weighted by Crippen LogP contribution is 2.20. The summed E-state index contributed by atoms with van der Waals surface area (Å²) >= 11 is 0. The van der Waals surface area contributed by atoms with Crippen molar-refractivity contribution < 1.29 is 14.3 Å². The lowest BCUT2D eigenvalue weighted by atomic mass is 10.1. The van der Waals surface area contributed by atoms with Crippen molar-refractivity contribution in [3.05, 3.63) is 41.8 Å². The Morgan fingerprint density at radius 2 is 2.27 bits per heavy atom. The van der Waals surface area contributed by atoms with Crippen LogP contribution in [0.5, 0.6) is 0 Å². The number of aromatic nitrogens is 1. The van der Waals surface area contributed by atoms with Crippen LogP contribution in [0.2, 0.25) is 0 Å². The largest absolute Gasteiger partial charge is 0.478 e. The SMILES string of the molecule is Cc1ccc(-c2ncco2)cc1C(=O)O. The minimum absolute atomic E-state index is 0.269. The number of rotatable bonds is 2. The molecule has 0 saturated carbocycles. The summed E-state index contributed by atoms with van der Waals surface area (Å²) in [5.41, 5.74) is 1.66. The molecule has 0 amide bonds. The third-order valence-electron chi connectivity index (χ3n) is 2.15. The summed E-state index contributed by atoms with van der Waals surface area (Å²) in [6.45, 7) is 1.75. The van der Waals surface area contributed by atoms with Gasteiger partial charge < -0.3 is 9.52 Å². The Balaban J connectivity index is 2.52. The molecule has 4 nitrogen and oxygen atoms in total. The minimum Gasteiger partial charge on any atom is -0.478 e. The maximum absolute atomic E-state index is 10.9. The van der Waals surface area contributed by atoms with E-state index >= 15 is 0 Å². The molecule has 0 spiro atoms. The molecule has 0 unspecified atom stereocenters. The second-order valence-corrected chi connectivity index (χ2v) is 3.17. The predicted molar refractivity (Wildman–Crippen MR) is 53.6 cm³/mol. The molecule has 0 saturated heterocycles. The molecule has 0 fully saturated rings. The molecule has 0 radical (unpaired) electrons. The van der Waals surface area contributed by atoms with Crippen LogP contribution in [0.25, 0.3) is 11.5 Å². The predicted octanol–water partition coefficient (Wildman–Crippen LogP) is 2.35. The molecule has 4 heteroatoms. The number of hydrogen-bond donors (Lipinski definition) is 1. The minimum atomic E-state index is -0.944. The molecule has 0 aliphatic rings. The van der Waals surface area contributed by atoms with E-state index in [0.717, 1.165) is 5.56 Å². The number of hydrogen-bond acceptors (Lipinski definition) is 3. The van der Waals surface area contributed by atoms with Gasteiger partial charge in [0, 0.05) is 5.56 Å². The monoisotopic (exact) mass is 203 g/mol. The van der Waals surface area contributed by atoms with Crippen molar-refractivity contribution >= 4 is 5.97 Å². The van der Waals surface area contributed by atoms with Crippen LogP contribution in [0.1, 0.15) is 15.9 Å². The Morgan fingerprint density at radius 3 is 2.87 bits per heavy atom. The summed E-state index contributed by atoms with van der Waals surface area (Å²) in [4.78, 5) is 14.8. The van der Waals surface area contributed by atoms with Crippen molar-refractivity contribution in [2.45, 2.75) is 6.92 Å². The molecular formula is C11H9NO3. The van der Waals surface area contributed by atoms with Gasteiger partial charge in [0.15, 0.2) is 0 Å². The van der Waals surface area contributed by atoms with Crippen molar-refractivity contribution in [3.63, 3.8) is 0 Å². The van der Waals surface area contributed by atoms with Crippen LogP contribution < -0.4 is 0 Å². The standard InChI is InChI=1S/C11H9NO3/c1-7-2-3-8(6-9(7)11(13)14)10-12-4-5-15-10/h2-6H,1H3,(H,13,14). The molecule has 0 aliphatic carbocycles. The Labute approximate surface area is 86.2 Å². The van der Waals surface area contributed by atoms with E-state index in [-0.39, 0.29) is 5.56 Å². The van der Waals surface area contributed by atoms with Crippen molar-refractivity contribution in [3.8, 4) is 11.5 Å². The van der Waals surface area contributed by atoms with E-state index in [1.807, 2.05) is 0 Å². The number of carboxylic acids is 1. The quantitative estimate of drug-likeness (QED) is 0.813. The first-order valence-electron chi connectivity index (χ1n) is 4.42. The zero-order chi connectivity index (χ0) is 10.8. The fraction of sp³-hybridized carbons (Fsp3) is 0.0909. The zero-order valence-electron chi connectivity index (χ0n) is 8.10. The summed E-state index contributed by atoms with van der Waals surface area (Å²) < 4.78 is 5.09. The van der Waals surface area contributed by atoms with E-state index in [2.05, 4.69) is 4.98 Å². The van der Waals surface area contributed by atoms with Gasteiger partial charge in [-0.25, -0.2) is 9.78 Å². The van der Waals surface area contributed by atoms with Gasteiger partial charge in [-0.3, -0.25) is 0 Å².